The lowest BCUT2D eigenvalue weighted by Crippen LogP contribution is -2.53. The van der Waals surface area contributed by atoms with Crippen LogP contribution in [0, 0.1) is 0 Å². The highest BCUT2D eigenvalue weighted by atomic mass is 32.2. The van der Waals surface area contributed by atoms with Gasteiger partial charge in [0.1, 0.15) is 4.21 Å². The summed E-state index contributed by atoms with van der Waals surface area (Å²) in [6, 6.07) is 1.33. The fourth-order valence-electron chi connectivity index (χ4n) is 2.88. The van der Waals surface area contributed by atoms with E-state index in [0.717, 1.165) is 37.0 Å². The molecule has 8 heteroatoms. The number of hydrogen-bond acceptors (Lipinski definition) is 5. The summed E-state index contributed by atoms with van der Waals surface area (Å²) in [4.78, 5) is 13.2. The van der Waals surface area contributed by atoms with Crippen molar-refractivity contribution in [2.24, 2.45) is 5.73 Å². The zero-order chi connectivity index (χ0) is 16.4. The highest BCUT2D eigenvalue weighted by Crippen LogP contribution is 2.32. The van der Waals surface area contributed by atoms with Crippen LogP contribution in [0.25, 0.3) is 0 Å². The first-order chi connectivity index (χ1) is 10.3. The summed E-state index contributed by atoms with van der Waals surface area (Å²) >= 11 is 1.01. The number of thiophene rings is 1. The molecular weight excluding hydrogens is 322 g/mol. The van der Waals surface area contributed by atoms with E-state index in [4.69, 9.17) is 5.73 Å². The molecule has 0 spiro atoms. The van der Waals surface area contributed by atoms with E-state index < -0.39 is 15.9 Å². The summed E-state index contributed by atoms with van der Waals surface area (Å²) in [6.07, 6.45) is 5.41. The largest absolute Gasteiger partial charge is 0.366 e. The summed E-state index contributed by atoms with van der Waals surface area (Å²) in [6.45, 7) is 0.381. The van der Waals surface area contributed by atoms with Crippen molar-refractivity contribution in [3.05, 3.63) is 17.0 Å². The van der Waals surface area contributed by atoms with Gasteiger partial charge in [-0.15, -0.1) is 11.3 Å². The van der Waals surface area contributed by atoms with E-state index in [9.17, 15) is 13.2 Å². The number of sulfonamides is 1. The fourth-order valence-corrected chi connectivity index (χ4v) is 5.21. The van der Waals surface area contributed by atoms with Gasteiger partial charge in [-0.05, 0) is 33.0 Å². The number of carbonyl (C=O) groups excluding carboxylic acids is 1. The van der Waals surface area contributed by atoms with Crippen molar-refractivity contribution in [2.75, 3.05) is 20.6 Å². The van der Waals surface area contributed by atoms with Crippen LogP contribution in [0.2, 0.25) is 0 Å². The molecule has 1 aliphatic rings. The molecule has 1 fully saturated rings. The first kappa shape index (κ1) is 17.4. The maximum atomic E-state index is 12.4. The average Bonchev–Trinajstić information content (AvgIpc) is 2.97. The van der Waals surface area contributed by atoms with Gasteiger partial charge < -0.3 is 10.6 Å². The predicted molar refractivity (Wildman–Crippen MR) is 87.5 cm³/mol. The van der Waals surface area contributed by atoms with Crippen LogP contribution in [0.5, 0.6) is 0 Å². The van der Waals surface area contributed by atoms with E-state index in [-0.39, 0.29) is 15.3 Å². The molecule has 0 aliphatic heterocycles. The molecule has 1 saturated carbocycles. The molecular formula is C14H23N3O3S2. The van der Waals surface area contributed by atoms with Crippen LogP contribution in [0.15, 0.2) is 15.7 Å². The van der Waals surface area contributed by atoms with Gasteiger partial charge >= 0.3 is 0 Å². The lowest BCUT2D eigenvalue weighted by atomic mass is 9.81. The fraction of sp³-hybridized carbons (Fsp3) is 0.643. The standard InChI is InChI=1S/C14H23N3O3S2/c1-17(2)14(6-4-3-5-7-14)10-16-22(19,20)12-8-11(9-21-12)13(15)18/h8-9,16H,3-7,10H2,1-2H3,(H2,15,18). The number of hydrogen-bond donors (Lipinski definition) is 2. The van der Waals surface area contributed by atoms with E-state index in [2.05, 4.69) is 9.62 Å². The second-order valence-corrected chi connectivity index (χ2v) is 8.93. The van der Waals surface area contributed by atoms with Crippen LogP contribution >= 0.6 is 11.3 Å². The van der Waals surface area contributed by atoms with Crippen molar-refractivity contribution in [1.82, 2.24) is 9.62 Å². The number of rotatable bonds is 6. The number of primary amides is 1. The van der Waals surface area contributed by atoms with Crippen LogP contribution in [-0.4, -0.2) is 45.4 Å². The number of nitrogens with zero attached hydrogens (tertiary/aromatic N) is 1. The van der Waals surface area contributed by atoms with E-state index >= 15 is 0 Å². The van der Waals surface area contributed by atoms with Gasteiger partial charge in [0, 0.05) is 17.5 Å². The minimum Gasteiger partial charge on any atom is -0.366 e. The SMILES string of the molecule is CN(C)C1(CNS(=O)(=O)c2cc(C(N)=O)cs2)CCCCC1. The lowest BCUT2D eigenvalue weighted by molar-refractivity contribution is 0.100. The summed E-state index contributed by atoms with van der Waals surface area (Å²) < 4.78 is 27.6. The molecule has 0 atom stereocenters. The van der Waals surface area contributed by atoms with Crippen molar-refractivity contribution < 1.29 is 13.2 Å². The van der Waals surface area contributed by atoms with Gasteiger partial charge in [-0.3, -0.25) is 4.79 Å². The Morgan fingerprint density at radius 3 is 2.50 bits per heavy atom. The third kappa shape index (κ3) is 3.68. The Kier molecular flexibility index (Phi) is 5.26. The van der Waals surface area contributed by atoms with Crippen molar-refractivity contribution in [3.63, 3.8) is 0 Å². The van der Waals surface area contributed by atoms with Gasteiger partial charge in [-0.25, -0.2) is 13.1 Å². The average molecular weight is 345 g/mol. The third-order valence-corrected chi connectivity index (χ3v) is 7.29. The van der Waals surface area contributed by atoms with Crippen LogP contribution in [0.1, 0.15) is 42.5 Å². The summed E-state index contributed by atoms with van der Waals surface area (Å²) in [5.74, 6) is -0.616. The number of carbonyl (C=O) groups is 1. The molecule has 1 aromatic heterocycles. The lowest BCUT2D eigenvalue weighted by Gasteiger charge is -2.43. The first-order valence-electron chi connectivity index (χ1n) is 7.32. The van der Waals surface area contributed by atoms with Crippen LogP contribution < -0.4 is 10.5 Å². The Hall–Kier alpha value is -0.960. The van der Waals surface area contributed by atoms with Crippen molar-refractivity contribution in [3.8, 4) is 0 Å². The zero-order valence-corrected chi connectivity index (χ0v) is 14.6. The third-order valence-electron chi connectivity index (χ3n) is 4.45. The summed E-state index contributed by atoms with van der Waals surface area (Å²) in [7, 11) is 0.382. The number of nitrogens with one attached hydrogen (secondary N) is 1. The smallest absolute Gasteiger partial charge is 0.250 e. The number of likely N-dealkylation sites (N-methyl/N-ethyl adjacent to an activating group) is 1. The predicted octanol–water partition coefficient (Wildman–Crippen LogP) is 1.39. The normalized spacial score (nSPS) is 18.5. The van der Waals surface area contributed by atoms with Crippen molar-refractivity contribution in [1.29, 1.82) is 0 Å². The molecule has 2 rings (SSSR count). The second kappa shape index (κ2) is 6.66. The Morgan fingerprint density at radius 2 is 2.00 bits per heavy atom. The molecule has 124 valence electrons. The highest BCUT2D eigenvalue weighted by molar-refractivity contribution is 7.91. The minimum atomic E-state index is -3.61. The molecule has 6 nitrogen and oxygen atoms in total. The maximum absolute atomic E-state index is 12.4. The Morgan fingerprint density at radius 1 is 1.36 bits per heavy atom. The minimum absolute atomic E-state index is 0.130. The molecule has 3 N–H and O–H groups in total. The molecule has 0 aromatic carbocycles. The molecule has 1 amide bonds. The van der Waals surface area contributed by atoms with E-state index in [1.807, 2.05) is 14.1 Å². The Bertz CT molecular complexity index is 632. The molecule has 0 unspecified atom stereocenters. The maximum Gasteiger partial charge on any atom is 0.250 e. The van der Waals surface area contributed by atoms with Gasteiger partial charge in [-0.2, -0.15) is 0 Å². The molecule has 22 heavy (non-hydrogen) atoms. The van der Waals surface area contributed by atoms with Gasteiger partial charge in [-0.1, -0.05) is 19.3 Å². The summed E-state index contributed by atoms with van der Waals surface area (Å²) in [5, 5.41) is 1.47. The van der Waals surface area contributed by atoms with E-state index in [0.29, 0.717) is 6.54 Å². The molecule has 1 heterocycles. The highest BCUT2D eigenvalue weighted by Gasteiger charge is 2.35. The van der Waals surface area contributed by atoms with Crippen LogP contribution in [0.4, 0.5) is 0 Å². The monoisotopic (exact) mass is 345 g/mol. The first-order valence-corrected chi connectivity index (χ1v) is 9.69. The van der Waals surface area contributed by atoms with Gasteiger partial charge in [0.25, 0.3) is 0 Å². The van der Waals surface area contributed by atoms with E-state index in [1.54, 1.807) is 0 Å². The Labute approximate surface area is 135 Å². The van der Waals surface area contributed by atoms with Gasteiger partial charge in [0.05, 0.1) is 5.56 Å². The Balaban J connectivity index is 2.12. The molecule has 0 radical (unpaired) electrons. The summed E-state index contributed by atoms with van der Waals surface area (Å²) in [5.41, 5.74) is 5.27. The van der Waals surface area contributed by atoms with Crippen molar-refractivity contribution in [2.45, 2.75) is 41.9 Å². The topological polar surface area (TPSA) is 92.5 Å². The van der Waals surface area contributed by atoms with Gasteiger partial charge in [0.2, 0.25) is 15.9 Å². The molecule has 1 aliphatic carbocycles. The van der Waals surface area contributed by atoms with Gasteiger partial charge in [0.15, 0.2) is 0 Å². The van der Waals surface area contributed by atoms with E-state index in [1.165, 1.54) is 17.9 Å². The molecule has 0 bridgehead atoms. The molecule has 1 aromatic rings. The molecule has 0 saturated heterocycles. The van der Waals surface area contributed by atoms with Crippen LogP contribution in [-0.2, 0) is 10.0 Å². The number of amides is 1. The second-order valence-electron chi connectivity index (χ2n) is 6.02. The zero-order valence-electron chi connectivity index (χ0n) is 13.0. The van der Waals surface area contributed by atoms with Crippen LogP contribution in [0.3, 0.4) is 0 Å². The quantitative estimate of drug-likeness (QED) is 0.815. The number of nitrogens with two attached hydrogens (primary N) is 1. The van der Waals surface area contributed by atoms with Crippen molar-refractivity contribution >= 4 is 27.3 Å².